The van der Waals surface area contributed by atoms with E-state index in [1.165, 1.54) is 34.4 Å². The van der Waals surface area contributed by atoms with Crippen LogP contribution in [0.5, 0.6) is 0 Å². The molecule has 1 unspecified atom stereocenters. The first-order valence-electron chi connectivity index (χ1n) is 7.73. The molecule has 21 heavy (non-hydrogen) atoms. The van der Waals surface area contributed by atoms with Gasteiger partial charge in [0.25, 0.3) is 0 Å². The van der Waals surface area contributed by atoms with Gasteiger partial charge in [0.05, 0.1) is 6.04 Å². The van der Waals surface area contributed by atoms with Gasteiger partial charge in [0.15, 0.2) is 0 Å². The Morgan fingerprint density at radius 3 is 2.57 bits per heavy atom. The van der Waals surface area contributed by atoms with Crippen molar-refractivity contribution in [2.24, 2.45) is 0 Å². The Morgan fingerprint density at radius 2 is 1.86 bits per heavy atom. The number of allylic oxidation sites excluding steroid dienone is 7. The molecule has 1 heteroatoms. The maximum Gasteiger partial charge on any atom is 0.0726 e. The lowest BCUT2D eigenvalue weighted by Crippen LogP contribution is -2.26. The fourth-order valence-corrected chi connectivity index (χ4v) is 3.18. The summed E-state index contributed by atoms with van der Waals surface area (Å²) in [6, 6.07) is 9.00. The molecule has 1 aromatic rings. The van der Waals surface area contributed by atoms with E-state index in [0.717, 1.165) is 6.42 Å². The second-order valence-electron chi connectivity index (χ2n) is 5.91. The zero-order chi connectivity index (χ0) is 14.8. The average molecular weight is 277 g/mol. The van der Waals surface area contributed by atoms with Gasteiger partial charge >= 0.3 is 0 Å². The molecule has 1 heterocycles. The van der Waals surface area contributed by atoms with E-state index in [9.17, 15) is 0 Å². The topological polar surface area (TPSA) is 3.24 Å². The quantitative estimate of drug-likeness (QED) is 0.728. The van der Waals surface area contributed by atoms with Crippen LogP contribution in [0.4, 0.5) is 0 Å². The smallest absolute Gasteiger partial charge is 0.0726 e. The molecule has 0 bridgehead atoms. The number of rotatable bonds is 2. The fourth-order valence-electron chi connectivity index (χ4n) is 3.18. The van der Waals surface area contributed by atoms with Crippen molar-refractivity contribution in [3.8, 4) is 0 Å². The van der Waals surface area contributed by atoms with Gasteiger partial charge in [-0.15, -0.1) is 0 Å². The summed E-state index contributed by atoms with van der Waals surface area (Å²) in [6.45, 7) is 4.42. The van der Waals surface area contributed by atoms with Crippen LogP contribution in [-0.4, -0.2) is 11.9 Å². The number of nitrogens with zero attached hydrogens (tertiary/aromatic N) is 1. The highest BCUT2D eigenvalue weighted by Gasteiger charge is 2.22. The molecule has 1 aliphatic heterocycles. The molecule has 0 saturated heterocycles. The Morgan fingerprint density at radius 1 is 1.05 bits per heavy atom. The van der Waals surface area contributed by atoms with E-state index in [4.69, 9.17) is 0 Å². The number of likely N-dealkylation sites (N-methyl/N-ethyl adjacent to an activating group) is 1. The van der Waals surface area contributed by atoms with Crippen LogP contribution in [0.15, 0.2) is 71.5 Å². The van der Waals surface area contributed by atoms with Gasteiger partial charge in [-0.2, -0.15) is 0 Å². The van der Waals surface area contributed by atoms with Crippen LogP contribution >= 0.6 is 0 Å². The zero-order valence-corrected chi connectivity index (χ0v) is 13.1. The maximum atomic E-state index is 2.39. The third kappa shape index (κ3) is 2.61. The molecule has 0 saturated carbocycles. The van der Waals surface area contributed by atoms with Crippen LogP contribution in [0.2, 0.25) is 0 Å². The zero-order valence-electron chi connectivity index (χ0n) is 13.1. The van der Waals surface area contributed by atoms with Crippen LogP contribution < -0.4 is 0 Å². The molecule has 3 rings (SSSR count). The minimum Gasteiger partial charge on any atom is -0.367 e. The van der Waals surface area contributed by atoms with Crippen LogP contribution in [0.25, 0.3) is 0 Å². The minimum atomic E-state index is 0.336. The van der Waals surface area contributed by atoms with Crippen LogP contribution in [-0.2, 0) is 0 Å². The fraction of sp³-hybridized carbons (Fsp3) is 0.300. The van der Waals surface area contributed by atoms with E-state index >= 15 is 0 Å². The van der Waals surface area contributed by atoms with Gasteiger partial charge in [0, 0.05) is 12.7 Å². The Kier molecular flexibility index (Phi) is 3.83. The van der Waals surface area contributed by atoms with Crippen molar-refractivity contribution >= 4 is 0 Å². The lowest BCUT2D eigenvalue weighted by Gasteiger charge is -2.34. The monoisotopic (exact) mass is 277 g/mol. The van der Waals surface area contributed by atoms with Crippen molar-refractivity contribution in [2.45, 2.75) is 32.7 Å². The molecular formula is C20H23N. The van der Waals surface area contributed by atoms with Crippen molar-refractivity contribution in [3.63, 3.8) is 0 Å². The summed E-state index contributed by atoms with van der Waals surface area (Å²) in [5.74, 6) is 0. The summed E-state index contributed by atoms with van der Waals surface area (Å²) in [5.41, 5.74) is 6.82. The molecule has 0 spiro atoms. The summed E-state index contributed by atoms with van der Waals surface area (Å²) in [7, 11) is 2.20. The predicted molar refractivity (Wildman–Crippen MR) is 90.0 cm³/mol. The highest BCUT2D eigenvalue weighted by atomic mass is 15.1. The number of benzene rings is 1. The van der Waals surface area contributed by atoms with Gasteiger partial charge in [-0.1, -0.05) is 54.6 Å². The summed E-state index contributed by atoms with van der Waals surface area (Å²) in [4.78, 5) is 2.39. The first-order chi connectivity index (χ1) is 10.2. The molecule has 1 atom stereocenters. The van der Waals surface area contributed by atoms with E-state index in [2.05, 4.69) is 80.4 Å². The number of hydrogen-bond acceptors (Lipinski definition) is 1. The summed E-state index contributed by atoms with van der Waals surface area (Å²) >= 11 is 0. The van der Waals surface area contributed by atoms with Gasteiger partial charge in [-0.05, 0) is 49.0 Å². The van der Waals surface area contributed by atoms with Crippen LogP contribution in [0.1, 0.15) is 36.9 Å². The third-order valence-electron chi connectivity index (χ3n) is 4.59. The normalized spacial score (nSPS) is 21.8. The molecule has 0 fully saturated rings. The van der Waals surface area contributed by atoms with Gasteiger partial charge in [0.1, 0.15) is 0 Å². The molecular weight excluding hydrogens is 254 g/mol. The molecule has 1 aromatic carbocycles. The van der Waals surface area contributed by atoms with Crippen molar-refractivity contribution in [3.05, 3.63) is 82.6 Å². The SMILES string of the molecule is CC1=C(C2=CCCC=C2)C=CC(c2ccccc2C)N1C. The standard InChI is InChI=1S/C20H23N/c1-15-9-7-8-12-18(15)20-14-13-19(16(2)21(20)3)17-10-5-4-6-11-17/h5,7-14,20H,4,6H2,1-3H3. The van der Waals surface area contributed by atoms with Crippen molar-refractivity contribution in [1.29, 1.82) is 0 Å². The second kappa shape index (κ2) is 5.77. The first kappa shape index (κ1) is 13.9. The summed E-state index contributed by atoms with van der Waals surface area (Å²) in [6.07, 6.45) is 13.8. The molecule has 108 valence electrons. The molecule has 0 radical (unpaired) electrons. The van der Waals surface area contributed by atoms with E-state index < -0.39 is 0 Å². The van der Waals surface area contributed by atoms with Gasteiger partial charge in [-0.25, -0.2) is 0 Å². The number of hydrogen-bond donors (Lipinski definition) is 0. The Balaban J connectivity index is 1.94. The van der Waals surface area contributed by atoms with Gasteiger partial charge < -0.3 is 4.90 Å². The van der Waals surface area contributed by atoms with Crippen molar-refractivity contribution in [1.82, 2.24) is 4.90 Å². The average Bonchev–Trinajstić information content (AvgIpc) is 2.52. The summed E-state index contributed by atoms with van der Waals surface area (Å²) in [5, 5.41) is 0. The number of aryl methyl sites for hydroxylation is 1. The molecule has 0 amide bonds. The van der Waals surface area contributed by atoms with Crippen molar-refractivity contribution < 1.29 is 0 Å². The second-order valence-corrected chi connectivity index (χ2v) is 5.91. The van der Waals surface area contributed by atoms with Crippen LogP contribution in [0, 0.1) is 6.92 Å². The third-order valence-corrected chi connectivity index (χ3v) is 4.59. The van der Waals surface area contributed by atoms with E-state index in [0.29, 0.717) is 6.04 Å². The van der Waals surface area contributed by atoms with Crippen LogP contribution in [0.3, 0.4) is 0 Å². The van der Waals surface area contributed by atoms with Gasteiger partial charge in [-0.3, -0.25) is 0 Å². The first-order valence-corrected chi connectivity index (χ1v) is 7.73. The highest BCUT2D eigenvalue weighted by Crippen LogP contribution is 2.35. The predicted octanol–water partition coefficient (Wildman–Crippen LogP) is 5.09. The molecule has 1 nitrogen and oxygen atoms in total. The molecule has 2 aliphatic rings. The van der Waals surface area contributed by atoms with E-state index in [1.54, 1.807) is 0 Å². The van der Waals surface area contributed by atoms with Gasteiger partial charge in [0.2, 0.25) is 0 Å². The summed E-state index contributed by atoms with van der Waals surface area (Å²) < 4.78 is 0. The highest BCUT2D eigenvalue weighted by molar-refractivity contribution is 5.52. The Bertz CT molecular complexity index is 658. The molecule has 1 aliphatic carbocycles. The minimum absolute atomic E-state index is 0.336. The Hall–Kier alpha value is -2.02. The Labute approximate surface area is 128 Å². The lowest BCUT2D eigenvalue weighted by atomic mass is 9.91. The maximum absolute atomic E-state index is 2.39. The largest absolute Gasteiger partial charge is 0.367 e. The molecule has 0 aromatic heterocycles. The van der Waals surface area contributed by atoms with Crippen molar-refractivity contribution in [2.75, 3.05) is 7.05 Å². The molecule has 0 N–H and O–H groups in total. The van der Waals surface area contributed by atoms with E-state index in [-0.39, 0.29) is 0 Å². The van der Waals surface area contributed by atoms with E-state index in [1.807, 2.05) is 0 Å². The lowest BCUT2D eigenvalue weighted by molar-refractivity contribution is 0.352.